The van der Waals surface area contributed by atoms with Gasteiger partial charge < -0.3 is 35.4 Å². The normalized spacial score (nSPS) is 47.2. The highest BCUT2D eigenvalue weighted by Crippen LogP contribution is 2.44. The van der Waals surface area contributed by atoms with Gasteiger partial charge >= 0.3 is 6.03 Å². The molecule has 0 spiro atoms. The molecular weight excluding hydrogens is 622 g/mol. The topological polar surface area (TPSA) is 130 Å². The number of fused-ring (bicyclic) bond motifs is 5. The number of nitrogens with zero attached hydrogens (tertiary/aromatic N) is 3. The Kier molecular flexibility index (Phi) is 10.2. The van der Waals surface area contributed by atoms with Crippen LogP contribution in [0.1, 0.15) is 46.5 Å². The largest absolute Gasteiger partial charge is 0.390 e. The summed E-state index contributed by atoms with van der Waals surface area (Å²) in [4.78, 5) is 32.4. The van der Waals surface area contributed by atoms with Crippen molar-refractivity contribution in [2.24, 2.45) is 23.7 Å². The molecule has 6 fully saturated rings. The van der Waals surface area contributed by atoms with Crippen molar-refractivity contribution >= 4 is 23.5 Å². The van der Waals surface area contributed by atoms with E-state index in [9.17, 15) is 19.8 Å². The number of piperidine rings is 2. The molecule has 1 aliphatic carbocycles. The van der Waals surface area contributed by atoms with Crippen molar-refractivity contribution in [2.75, 3.05) is 32.8 Å². The van der Waals surface area contributed by atoms with E-state index in [1.165, 1.54) is 6.08 Å². The molecule has 5 aliphatic heterocycles. The summed E-state index contributed by atoms with van der Waals surface area (Å²) in [5.41, 5.74) is 0. The Hall–Kier alpha value is -1.61. The number of halogens is 3. The summed E-state index contributed by atoms with van der Waals surface area (Å²) >= 11 is 6.44. The second-order valence-corrected chi connectivity index (χ2v) is 15.2. The molecule has 0 aromatic rings. The molecule has 6 aliphatic rings. The number of rotatable bonds is 3. The Morgan fingerprint density at radius 3 is 2.61 bits per heavy atom. The Labute approximate surface area is 275 Å². The molecule has 0 aromatic heterocycles. The van der Waals surface area contributed by atoms with Gasteiger partial charge in [-0.2, -0.15) is 0 Å². The van der Waals surface area contributed by atoms with E-state index < -0.39 is 78.2 Å². The number of carbonyl (C=O) groups is 2. The Morgan fingerprint density at radius 1 is 1.15 bits per heavy atom. The minimum Gasteiger partial charge on any atom is -0.390 e. The number of aliphatic hydroxyl groups is 2. The second kappa shape index (κ2) is 13.7. The summed E-state index contributed by atoms with van der Waals surface area (Å²) in [7, 11) is 0. The maximum atomic E-state index is 16.6. The van der Waals surface area contributed by atoms with Crippen molar-refractivity contribution in [3.05, 3.63) is 12.7 Å². The predicted octanol–water partition coefficient (Wildman–Crippen LogP) is 1.18. The van der Waals surface area contributed by atoms with E-state index in [-0.39, 0.29) is 43.0 Å². The maximum absolute atomic E-state index is 16.6. The zero-order valence-corrected chi connectivity index (χ0v) is 27.7. The van der Waals surface area contributed by atoms with Crippen LogP contribution in [-0.2, 0) is 9.53 Å². The predicted molar refractivity (Wildman–Crippen MR) is 168 cm³/mol. The molecule has 3 amide bonds. The third-order valence-electron chi connectivity index (χ3n) is 11.7. The molecule has 14 heteroatoms. The van der Waals surface area contributed by atoms with E-state index in [0.29, 0.717) is 45.4 Å². The third-order valence-corrected chi connectivity index (χ3v) is 12.2. The van der Waals surface area contributed by atoms with Crippen molar-refractivity contribution in [1.29, 1.82) is 0 Å². The number of alkyl halides is 3. The zero-order valence-electron chi connectivity index (χ0n) is 27.0. The number of carbonyl (C=O) groups excluding carboxylic acids is 2. The second-order valence-electron chi connectivity index (χ2n) is 14.6. The minimum atomic E-state index is -1.57. The summed E-state index contributed by atoms with van der Waals surface area (Å²) in [5, 5.41) is 32.3. The van der Waals surface area contributed by atoms with Gasteiger partial charge in [0, 0.05) is 55.5 Å². The Morgan fingerprint density at radius 2 is 1.91 bits per heavy atom. The lowest BCUT2D eigenvalue weighted by Crippen LogP contribution is -2.80. The summed E-state index contributed by atoms with van der Waals surface area (Å²) in [6.07, 6.45) is -4.86. The summed E-state index contributed by atoms with van der Waals surface area (Å²) in [6, 6.07) is -2.27. The number of nitrogens with one attached hydrogen (secondary N) is 3. The number of urea groups is 1. The highest BCUT2D eigenvalue weighted by atomic mass is 35.5. The van der Waals surface area contributed by atoms with Crippen LogP contribution in [-0.4, -0.2) is 142 Å². The molecule has 5 heterocycles. The van der Waals surface area contributed by atoms with Crippen LogP contribution in [0.25, 0.3) is 0 Å². The van der Waals surface area contributed by atoms with E-state index in [1.807, 2.05) is 20.8 Å². The number of hydrogen-bond donors (Lipinski definition) is 5. The first-order valence-electron chi connectivity index (χ1n) is 17.1. The van der Waals surface area contributed by atoms with Gasteiger partial charge in [-0.3, -0.25) is 15.0 Å². The fraction of sp³-hybridized carbons (Fsp3) is 0.875. The average Bonchev–Trinajstić information content (AvgIpc) is 3.03. The smallest absolute Gasteiger partial charge is 0.320 e. The average molecular weight is 673 g/mol. The molecule has 6 rings (SSSR count). The quantitative estimate of drug-likeness (QED) is 0.223. The van der Waals surface area contributed by atoms with Crippen LogP contribution in [0.4, 0.5) is 13.6 Å². The van der Waals surface area contributed by atoms with E-state index in [0.717, 1.165) is 0 Å². The monoisotopic (exact) mass is 672 g/mol. The van der Waals surface area contributed by atoms with Gasteiger partial charge in [-0.1, -0.05) is 20.4 Å². The molecule has 15 atom stereocenters. The Bertz CT molecular complexity index is 1140. The lowest BCUT2D eigenvalue weighted by molar-refractivity contribution is -0.156. The zero-order chi connectivity index (χ0) is 33.0. The molecule has 5 saturated heterocycles. The van der Waals surface area contributed by atoms with Crippen molar-refractivity contribution in [2.45, 2.75) is 119 Å². The summed E-state index contributed by atoms with van der Waals surface area (Å²) in [5.74, 6) is -1.98. The van der Waals surface area contributed by atoms with Gasteiger partial charge in [-0.25, -0.2) is 13.6 Å². The van der Waals surface area contributed by atoms with Crippen molar-refractivity contribution in [3.63, 3.8) is 0 Å². The van der Waals surface area contributed by atoms with Crippen LogP contribution in [0.5, 0.6) is 0 Å². The van der Waals surface area contributed by atoms with Gasteiger partial charge in [-0.05, 0) is 51.1 Å². The van der Waals surface area contributed by atoms with Crippen LogP contribution < -0.4 is 16.0 Å². The molecule has 0 aromatic carbocycles. The number of piperazine rings is 1. The summed E-state index contributed by atoms with van der Waals surface area (Å²) < 4.78 is 38.8. The number of amides is 3. The van der Waals surface area contributed by atoms with Gasteiger partial charge in [0.25, 0.3) is 0 Å². The standard InChI is InChI=1S/C32H51ClF2N6O5/c1-5-23(43)39-10-11-40(16(4)13-39)30-18-12-20(34)27-24-22(7-6-19(33)25(24)35)46-14-21(42)29(44)17-8-9-36-26(15(2)3)28(17)41(31(18)37-27)32(45)38-30/h5,15-22,24-31,36-37,42,44H,1,6-14H2,2-4H3,(H,38,45)/t16-,17?,18?,19?,20?,21?,22?,24?,25?,26?,27?,28?,29?,30?,31?/m0/s1. The van der Waals surface area contributed by atoms with Crippen LogP contribution in [0.15, 0.2) is 12.7 Å². The highest BCUT2D eigenvalue weighted by Gasteiger charge is 2.59. The molecular formula is C32H51ClF2N6O5. The molecule has 2 bridgehead atoms. The molecule has 0 radical (unpaired) electrons. The van der Waals surface area contributed by atoms with Crippen LogP contribution in [0, 0.1) is 23.7 Å². The first-order valence-corrected chi connectivity index (χ1v) is 17.5. The summed E-state index contributed by atoms with van der Waals surface area (Å²) in [6.45, 7) is 11.4. The van der Waals surface area contributed by atoms with Crippen LogP contribution in [0.3, 0.4) is 0 Å². The first kappa shape index (κ1) is 34.3. The first-order chi connectivity index (χ1) is 21.9. The molecule has 14 unspecified atom stereocenters. The SMILES string of the molecule is C=CC(=O)N1CCN(C2NC(=O)N3C4NC(C(F)CC42)C2C(CCC(Cl)C2F)OCC(O)C(O)C2CCNC(C(C)C)C23)[C@@H](C)C1. The van der Waals surface area contributed by atoms with Gasteiger partial charge in [0.05, 0.1) is 42.6 Å². The van der Waals surface area contributed by atoms with E-state index in [2.05, 4.69) is 27.4 Å². The molecule has 1 saturated carbocycles. The lowest BCUT2D eigenvalue weighted by atomic mass is 9.71. The number of aliphatic hydroxyl groups excluding tert-OH is 2. The van der Waals surface area contributed by atoms with Gasteiger partial charge in [0.2, 0.25) is 5.91 Å². The van der Waals surface area contributed by atoms with Gasteiger partial charge in [0.15, 0.2) is 0 Å². The maximum Gasteiger partial charge on any atom is 0.320 e. The minimum absolute atomic E-state index is 0.0593. The fourth-order valence-corrected chi connectivity index (χ4v) is 9.70. The highest BCUT2D eigenvalue weighted by molar-refractivity contribution is 6.21. The van der Waals surface area contributed by atoms with Crippen LogP contribution >= 0.6 is 11.6 Å². The van der Waals surface area contributed by atoms with Crippen molar-refractivity contribution < 1.29 is 33.3 Å². The van der Waals surface area contributed by atoms with Crippen LogP contribution in [0.2, 0.25) is 0 Å². The Balaban J connectivity index is 1.42. The van der Waals surface area contributed by atoms with Gasteiger partial charge in [-0.15, -0.1) is 11.6 Å². The van der Waals surface area contributed by atoms with E-state index in [1.54, 1.807) is 9.80 Å². The van der Waals surface area contributed by atoms with Gasteiger partial charge in [0.1, 0.15) is 18.4 Å². The third kappa shape index (κ3) is 6.07. The number of ether oxygens (including phenoxy) is 1. The molecule has 5 N–H and O–H groups in total. The molecule has 46 heavy (non-hydrogen) atoms. The van der Waals surface area contributed by atoms with Crippen molar-refractivity contribution in [1.82, 2.24) is 30.7 Å². The lowest BCUT2D eigenvalue weighted by Gasteiger charge is -2.60. The fourth-order valence-electron chi connectivity index (χ4n) is 9.41. The number of hydrogen-bond acceptors (Lipinski definition) is 8. The molecule has 260 valence electrons. The van der Waals surface area contributed by atoms with Crippen molar-refractivity contribution in [3.8, 4) is 0 Å². The molecule has 11 nitrogen and oxygen atoms in total. The van der Waals surface area contributed by atoms with E-state index >= 15 is 8.78 Å². The van der Waals surface area contributed by atoms with E-state index in [4.69, 9.17) is 16.3 Å².